The second kappa shape index (κ2) is 9.46. The number of hydrogen-bond donors (Lipinski definition) is 3. The predicted octanol–water partition coefficient (Wildman–Crippen LogP) is 4.50. The largest absolute Gasteiger partial charge is 0.490 e. The number of anilines is 1. The van der Waals surface area contributed by atoms with E-state index in [9.17, 15) is 18.0 Å². The molecule has 3 aromatic rings. The van der Waals surface area contributed by atoms with Crippen molar-refractivity contribution in [1.82, 2.24) is 4.98 Å². The number of para-hydroxylation sites is 1. The monoisotopic (exact) mass is 433 g/mol. The van der Waals surface area contributed by atoms with E-state index in [1.807, 2.05) is 25.1 Å². The number of carboxylic acid groups (broad SMARTS) is 1. The Balaban J connectivity index is 0.000000423. The second-order valence-electron chi connectivity index (χ2n) is 6.88. The van der Waals surface area contributed by atoms with E-state index in [1.54, 1.807) is 6.07 Å². The molecule has 1 aromatic heterocycles. The molecule has 31 heavy (non-hydrogen) atoms. The molecule has 0 bridgehead atoms. The van der Waals surface area contributed by atoms with Crippen LogP contribution in [0.4, 0.5) is 18.9 Å². The summed E-state index contributed by atoms with van der Waals surface area (Å²) in [6.07, 6.45) is -5.08. The Bertz CT molecular complexity index is 1130. The molecule has 0 spiro atoms. The zero-order chi connectivity index (χ0) is 23.3. The summed E-state index contributed by atoms with van der Waals surface area (Å²) in [5, 5.41) is 11.5. The van der Waals surface area contributed by atoms with Crippen LogP contribution in [-0.4, -0.2) is 28.1 Å². The molecule has 2 aromatic carbocycles. The van der Waals surface area contributed by atoms with Gasteiger partial charge in [-0.1, -0.05) is 30.3 Å². The molecule has 0 fully saturated rings. The van der Waals surface area contributed by atoms with E-state index >= 15 is 0 Å². The third kappa shape index (κ3) is 5.94. The smallest absolute Gasteiger partial charge is 0.475 e. The molecule has 0 aliphatic rings. The minimum atomic E-state index is -5.08. The number of fused-ring (bicyclic) bond motifs is 1. The molecule has 0 aliphatic carbocycles. The molecule has 0 unspecified atom stereocenters. The van der Waals surface area contributed by atoms with Gasteiger partial charge in [0.05, 0.1) is 22.5 Å². The van der Waals surface area contributed by atoms with Gasteiger partial charge in [0.1, 0.15) is 0 Å². The van der Waals surface area contributed by atoms with E-state index < -0.39 is 18.1 Å². The first kappa shape index (κ1) is 23.7. The quantitative estimate of drug-likeness (QED) is 0.562. The summed E-state index contributed by atoms with van der Waals surface area (Å²) in [4.78, 5) is 25.0. The maximum absolute atomic E-state index is 11.6. The summed E-state index contributed by atoms with van der Waals surface area (Å²) >= 11 is 0. The number of carbonyl (C=O) groups excluding carboxylic acids is 1. The molecule has 0 radical (unpaired) electrons. The fourth-order valence-electron chi connectivity index (χ4n) is 2.86. The van der Waals surface area contributed by atoms with Crippen LogP contribution in [0.5, 0.6) is 0 Å². The van der Waals surface area contributed by atoms with Crippen LogP contribution in [-0.2, 0) is 11.3 Å². The lowest BCUT2D eigenvalue weighted by Crippen LogP contribution is -2.21. The average Bonchev–Trinajstić information content (AvgIpc) is 2.68. The topological polar surface area (TPSA) is 105 Å². The molecule has 0 atom stereocenters. The van der Waals surface area contributed by atoms with Gasteiger partial charge in [-0.05, 0) is 49.6 Å². The van der Waals surface area contributed by atoms with Crippen LogP contribution in [0.1, 0.15) is 32.7 Å². The summed E-state index contributed by atoms with van der Waals surface area (Å²) in [6, 6.07) is 13.8. The van der Waals surface area contributed by atoms with Gasteiger partial charge in [0.2, 0.25) is 0 Å². The van der Waals surface area contributed by atoms with E-state index in [0.717, 1.165) is 23.3 Å². The van der Waals surface area contributed by atoms with Gasteiger partial charge in [-0.3, -0.25) is 9.78 Å². The van der Waals surface area contributed by atoms with Crippen LogP contribution in [0.3, 0.4) is 0 Å². The Morgan fingerprint density at radius 2 is 1.71 bits per heavy atom. The van der Waals surface area contributed by atoms with Crippen molar-refractivity contribution in [2.45, 2.75) is 33.5 Å². The highest BCUT2D eigenvalue weighted by Gasteiger charge is 2.38. The van der Waals surface area contributed by atoms with Gasteiger partial charge in [0.15, 0.2) is 0 Å². The summed E-state index contributed by atoms with van der Waals surface area (Å²) in [6.45, 7) is 6.92. The van der Waals surface area contributed by atoms with Gasteiger partial charge in [-0.2, -0.15) is 13.2 Å². The molecular weight excluding hydrogens is 411 g/mol. The van der Waals surface area contributed by atoms with Crippen molar-refractivity contribution in [2.24, 2.45) is 5.73 Å². The highest BCUT2D eigenvalue weighted by molar-refractivity contribution is 6.05. The number of halogens is 3. The molecular formula is C22H22F3N3O3. The summed E-state index contributed by atoms with van der Waals surface area (Å²) < 4.78 is 31.7. The highest BCUT2D eigenvalue weighted by atomic mass is 19.4. The normalized spacial score (nSPS) is 10.9. The average molecular weight is 433 g/mol. The van der Waals surface area contributed by atoms with Crippen LogP contribution < -0.4 is 11.1 Å². The number of carboxylic acids is 1. The Hall–Kier alpha value is -3.62. The Labute approximate surface area is 176 Å². The van der Waals surface area contributed by atoms with Gasteiger partial charge in [0.25, 0.3) is 5.91 Å². The van der Waals surface area contributed by atoms with Crippen LogP contribution in [0.2, 0.25) is 0 Å². The lowest BCUT2D eigenvalue weighted by atomic mass is 10.0. The van der Waals surface area contributed by atoms with Crippen LogP contribution in [0.15, 0.2) is 42.5 Å². The predicted molar refractivity (Wildman–Crippen MR) is 112 cm³/mol. The zero-order valence-electron chi connectivity index (χ0n) is 17.2. The first-order valence-corrected chi connectivity index (χ1v) is 9.21. The number of rotatable bonds is 4. The van der Waals surface area contributed by atoms with Gasteiger partial charge in [-0.25, -0.2) is 4.79 Å². The summed E-state index contributed by atoms with van der Waals surface area (Å²) in [5.74, 6) is -3.21. The number of amides is 1. The number of nitrogens with two attached hydrogens (primary N) is 1. The number of pyridine rings is 1. The molecule has 9 heteroatoms. The minimum absolute atomic E-state index is 0.455. The first-order chi connectivity index (χ1) is 14.4. The molecule has 1 amide bonds. The molecule has 4 N–H and O–H groups in total. The van der Waals surface area contributed by atoms with E-state index in [1.165, 1.54) is 16.7 Å². The summed E-state index contributed by atoms with van der Waals surface area (Å²) in [7, 11) is 0. The van der Waals surface area contributed by atoms with E-state index in [4.69, 9.17) is 15.6 Å². The maximum atomic E-state index is 11.6. The van der Waals surface area contributed by atoms with Crippen molar-refractivity contribution in [3.63, 3.8) is 0 Å². The number of hydrogen-bond acceptors (Lipinski definition) is 4. The molecule has 164 valence electrons. The number of nitrogens with one attached hydrogen (secondary N) is 1. The van der Waals surface area contributed by atoms with E-state index in [0.29, 0.717) is 11.1 Å². The third-order valence-electron chi connectivity index (χ3n) is 4.73. The fraction of sp³-hybridized carbons (Fsp3) is 0.227. The van der Waals surface area contributed by atoms with Crippen molar-refractivity contribution >= 4 is 28.5 Å². The Morgan fingerprint density at radius 1 is 1.10 bits per heavy atom. The summed E-state index contributed by atoms with van der Waals surface area (Å²) in [5.41, 5.74) is 12.2. The molecule has 1 heterocycles. The third-order valence-corrected chi connectivity index (χ3v) is 4.73. The number of aryl methyl sites for hydroxylation is 2. The number of nitrogens with zero attached hydrogens (tertiary/aromatic N) is 1. The molecule has 3 rings (SSSR count). The maximum Gasteiger partial charge on any atom is 0.490 e. The Morgan fingerprint density at radius 3 is 2.29 bits per heavy atom. The van der Waals surface area contributed by atoms with Gasteiger partial charge >= 0.3 is 12.1 Å². The minimum Gasteiger partial charge on any atom is -0.475 e. The second-order valence-corrected chi connectivity index (χ2v) is 6.88. The van der Waals surface area contributed by atoms with Gasteiger partial charge in [0, 0.05) is 11.9 Å². The number of primary amides is 1. The zero-order valence-corrected chi connectivity index (χ0v) is 17.2. The van der Waals surface area contributed by atoms with Gasteiger partial charge < -0.3 is 16.2 Å². The number of aromatic nitrogens is 1. The molecule has 6 nitrogen and oxygen atoms in total. The fourth-order valence-corrected chi connectivity index (χ4v) is 2.86. The van der Waals surface area contributed by atoms with Crippen molar-refractivity contribution in [1.29, 1.82) is 0 Å². The van der Waals surface area contributed by atoms with Crippen LogP contribution in [0, 0.1) is 20.8 Å². The molecule has 0 aliphatic heterocycles. The van der Waals surface area contributed by atoms with Crippen molar-refractivity contribution in [3.05, 3.63) is 70.4 Å². The number of carbonyl (C=O) groups is 2. The number of alkyl halides is 3. The van der Waals surface area contributed by atoms with Gasteiger partial charge in [-0.15, -0.1) is 0 Å². The van der Waals surface area contributed by atoms with Crippen molar-refractivity contribution in [3.8, 4) is 0 Å². The van der Waals surface area contributed by atoms with Crippen molar-refractivity contribution < 1.29 is 27.9 Å². The molecule has 0 saturated carbocycles. The number of benzene rings is 2. The first-order valence-electron chi connectivity index (χ1n) is 9.21. The highest BCUT2D eigenvalue weighted by Crippen LogP contribution is 2.24. The van der Waals surface area contributed by atoms with Crippen LogP contribution in [0.25, 0.3) is 10.9 Å². The van der Waals surface area contributed by atoms with Crippen LogP contribution >= 0.6 is 0 Å². The SMILES string of the molecule is Cc1cccc(CNc2cc3cccc(C(N)=O)c3nc2C)c1C.O=C(O)C(F)(F)F. The number of aliphatic carboxylic acids is 1. The van der Waals surface area contributed by atoms with E-state index in [-0.39, 0.29) is 0 Å². The lowest BCUT2D eigenvalue weighted by molar-refractivity contribution is -0.192. The lowest BCUT2D eigenvalue weighted by Gasteiger charge is -2.14. The van der Waals surface area contributed by atoms with E-state index in [2.05, 4.69) is 42.3 Å². The van der Waals surface area contributed by atoms with Crippen molar-refractivity contribution in [2.75, 3.05) is 5.32 Å². The Kier molecular flexibility index (Phi) is 7.22. The molecule has 0 saturated heterocycles. The standard InChI is InChI=1S/C20H21N3O.C2HF3O2/c1-12-6-4-8-16(13(12)2)11-22-18-10-15-7-5-9-17(20(21)24)19(15)23-14(18)3;3-2(4,5)1(6)7/h4-10,22H,11H2,1-3H3,(H2,21,24);(H,6,7).